The van der Waals surface area contributed by atoms with Crippen molar-refractivity contribution in [2.45, 2.75) is 137 Å². The van der Waals surface area contributed by atoms with E-state index in [1.165, 1.54) is 37.7 Å². The summed E-state index contributed by atoms with van der Waals surface area (Å²) >= 11 is 0. The number of carbonyl (C=O) groups excluding carboxylic acids is 3. The molecule has 0 radical (unpaired) electrons. The number of piperidine rings is 1. The summed E-state index contributed by atoms with van der Waals surface area (Å²) in [4.78, 5) is 61.6. The molecule has 4 aromatic rings. The molecule has 4 atom stereocenters. The number of carbonyl (C=O) groups is 4. The first-order valence-electron chi connectivity index (χ1n) is 24.0. The van der Waals surface area contributed by atoms with E-state index in [1.807, 2.05) is 37.4 Å². The fraction of sp³-hybridized carbons (Fsp3) is 0.558. The first-order valence-corrected chi connectivity index (χ1v) is 24.0. The van der Waals surface area contributed by atoms with Crippen molar-refractivity contribution in [3.05, 3.63) is 71.5 Å². The number of hydrogen-bond acceptors (Lipinski definition) is 11. The third kappa shape index (κ3) is 11.8. The summed E-state index contributed by atoms with van der Waals surface area (Å²) in [6.07, 6.45) is 6.34. The molecule has 2 aromatic heterocycles. The second-order valence-electron chi connectivity index (χ2n) is 20.3. The van der Waals surface area contributed by atoms with E-state index < -0.39 is 41.1 Å². The Balaban J connectivity index is 1.31. The number of amides is 2. The lowest BCUT2D eigenvalue weighted by Crippen LogP contribution is -2.60. The van der Waals surface area contributed by atoms with Crippen LogP contribution in [-0.2, 0) is 48.0 Å². The largest absolute Gasteiger partial charge is 0.480 e. The molecule has 2 amide bonds. The summed E-state index contributed by atoms with van der Waals surface area (Å²) in [5, 5.41) is 14.9. The minimum absolute atomic E-state index is 0.135. The average Bonchev–Trinajstić information content (AvgIpc) is 3.60. The number of piperazine rings is 1. The van der Waals surface area contributed by atoms with Crippen molar-refractivity contribution >= 4 is 40.5 Å². The van der Waals surface area contributed by atoms with Gasteiger partial charge in [0.15, 0.2) is 0 Å². The maximum absolute atomic E-state index is 14.1. The van der Waals surface area contributed by atoms with Gasteiger partial charge < -0.3 is 34.1 Å². The van der Waals surface area contributed by atoms with Gasteiger partial charge in [-0.05, 0) is 114 Å². The Morgan fingerprint density at radius 1 is 0.955 bits per heavy atom. The van der Waals surface area contributed by atoms with Gasteiger partial charge in [0.1, 0.15) is 17.7 Å². The summed E-state index contributed by atoms with van der Waals surface area (Å²) in [7, 11) is 1.72. The standard InChI is InChI=1S/C52H71N7O8/c1-10-58-45-20-19-37(36-16-13-15-35(25-36)26-44(54-50(64)67-51(4,5)6)48(61)59-22-14-18-43(55-59)49(62)63)27-40(45)42(29-52(7,8)32-66-34(3)60)47(58)41-28-39(30-53-46(41)33(2)65-9)57-24-23-56-21-12-11-17-38(56)31-57/h13,15-16,19-20,25,27-28,30,33,38,43-44,55H,10-12,14,17-18,21-24,26,29,31-32H2,1-9H3,(H,54,64)(H,62,63)/t33?,38-,43+,44?/m1/s1. The van der Waals surface area contributed by atoms with Crippen LogP contribution in [0.1, 0.15) is 110 Å². The monoisotopic (exact) mass is 922 g/mol. The Morgan fingerprint density at radius 2 is 1.73 bits per heavy atom. The van der Waals surface area contributed by atoms with E-state index in [-0.39, 0.29) is 25.1 Å². The van der Waals surface area contributed by atoms with Crippen LogP contribution in [0.2, 0.25) is 0 Å². The molecule has 7 rings (SSSR count). The molecule has 362 valence electrons. The number of anilines is 1. The number of aliphatic carboxylic acids is 1. The van der Waals surface area contributed by atoms with Crippen molar-refractivity contribution in [1.82, 2.24) is 30.2 Å². The lowest BCUT2D eigenvalue weighted by atomic mass is 9.84. The van der Waals surface area contributed by atoms with Crippen molar-refractivity contribution in [2.24, 2.45) is 5.41 Å². The fourth-order valence-corrected chi connectivity index (χ4v) is 9.97. The second-order valence-corrected chi connectivity index (χ2v) is 20.3. The van der Waals surface area contributed by atoms with Crippen LogP contribution in [0.5, 0.6) is 0 Å². The van der Waals surface area contributed by atoms with Gasteiger partial charge in [-0.1, -0.05) is 50.6 Å². The Labute approximate surface area is 395 Å². The summed E-state index contributed by atoms with van der Waals surface area (Å²) in [6, 6.07) is 15.3. The molecule has 3 saturated heterocycles. The van der Waals surface area contributed by atoms with Crippen molar-refractivity contribution < 1.29 is 38.5 Å². The van der Waals surface area contributed by atoms with Crippen molar-refractivity contribution in [1.29, 1.82) is 0 Å². The molecule has 3 N–H and O–H groups in total. The van der Waals surface area contributed by atoms with Crippen LogP contribution < -0.4 is 15.6 Å². The molecule has 15 heteroatoms. The summed E-state index contributed by atoms with van der Waals surface area (Å²) in [6.45, 7) is 20.5. The predicted molar refractivity (Wildman–Crippen MR) is 260 cm³/mol. The van der Waals surface area contributed by atoms with Crippen molar-refractivity contribution in [3.63, 3.8) is 0 Å². The molecule has 3 fully saturated rings. The number of benzene rings is 2. The maximum Gasteiger partial charge on any atom is 0.408 e. The molecule has 15 nitrogen and oxygen atoms in total. The first-order chi connectivity index (χ1) is 31.8. The number of pyridine rings is 1. The molecular weight excluding hydrogens is 851 g/mol. The number of esters is 1. The third-order valence-corrected chi connectivity index (χ3v) is 13.3. The van der Waals surface area contributed by atoms with Crippen LogP contribution in [0, 0.1) is 5.41 Å². The molecule has 3 aliphatic rings. The number of ether oxygens (including phenoxy) is 3. The molecule has 3 aliphatic heterocycles. The highest BCUT2D eigenvalue weighted by Crippen LogP contribution is 2.43. The number of alkyl carbamates (subject to hydrolysis) is 1. The van der Waals surface area contributed by atoms with Crippen LogP contribution in [0.3, 0.4) is 0 Å². The van der Waals surface area contributed by atoms with Gasteiger partial charge in [-0.25, -0.2) is 10.2 Å². The van der Waals surface area contributed by atoms with E-state index >= 15 is 0 Å². The predicted octanol–water partition coefficient (Wildman–Crippen LogP) is 7.92. The zero-order valence-corrected chi connectivity index (χ0v) is 40.9. The fourth-order valence-electron chi connectivity index (χ4n) is 9.97. The minimum atomic E-state index is -1.04. The molecule has 0 bridgehead atoms. The van der Waals surface area contributed by atoms with Crippen LogP contribution in [0.15, 0.2) is 54.7 Å². The molecule has 2 aromatic carbocycles. The highest BCUT2D eigenvalue weighted by Gasteiger charge is 2.35. The zero-order valence-electron chi connectivity index (χ0n) is 40.9. The topological polar surface area (TPSA) is 168 Å². The number of hydrazine groups is 1. The van der Waals surface area contributed by atoms with Gasteiger partial charge in [0.05, 0.1) is 36.0 Å². The number of aryl methyl sites for hydroxylation is 1. The van der Waals surface area contributed by atoms with Crippen LogP contribution >= 0.6 is 0 Å². The normalized spacial score (nSPS) is 19.1. The van der Waals surface area contributed by atoms with Crippen LogP contribution in [0.4, 0.5) is 10.5 Å². The Morgan fingerprint density at radius 3 is 2.45 bits per heavy atom. The zero-order chi connectivity index (χ0) is 48.2. The number of hydrogen-bond donors (Lipinski definition) is 3. The number of rotatable bonds is 15. The Bertz CT molecular complexity index is 2440. The average molecular weight is 922 g/mol. The summed E-state index contributed by atoms with van der Waals surface area (Å²) < 4.78 is 19.6. The van der Waals surface area contributed by atoms with Crippen molar-refractivity contribution in [2.75, 3.05) is 51.3 Å². The number of nitrogens with one attached hydrogen (secondary N) is 2. The smallest absolute Gasteiger partial charge is 0.408 e. The molecule has 0 saturated carbocycles. The number of aromatic nitrogens is 2. The van der Waals surface area contributed by atoms with E-state index in [4.69, 9.17) is 19.2 Å². The van der Waals surface area contributed by atoms with Gasteiger partial charge in [0.2, 0.25) is 0 Å². The number of methoxy groups -OCH3 is 1. The molecule has 0 spiro atoms. The second kappa shape index (κ2) is 20.8. The van der Waals surface area contributed by atoms with Gasteiger partial charge >= 0.3 is 18.0 Å². The maximum atomic E-state index is 14.1. The summed E-state index contributed by atoms with van der Waals surface area (Å²) in [5.74, 6) is -1.81. The Hall–Kier alpha value is -5.51. The Kier molecular flexibility index (Phi) is 15.3. The van der Waals surface area contributed by atoms with Crippen molar-refractivity contribution in [3.8, 4) is 22.4 Å². The lowest BCUT2D eigenvalue weighted by Gasteiger charge is -2.45. The number of carboxylic acid groups (broad SMARTS) is 1. The van der Waals surface area contributed by atoms with Gasteiger partial charge in [0.25, 0.3) is 5.91 Å². The molecular formula is C52H71N7O8. The quantitative estimate of drug-likeness (QED) is 0.0988. The first kappa shape index (κ1) is 49.4. The van der Waals surface area contributed by atoms with E-state index in [1.54, 1.807) is 27.9 Å². The number of fused-ring (bicyclic) bond motifs is 2. The van der Waals surface area contributed by atoms with Gasteiger partial charge in [-0.3, -0.25) is 29.3 Å². The SMILES string of the molecule is CCn1c(-c2cc(N3CCN4CCCC[C@@H]4C3)cnc2C(C)OC)c(CC(C)(C)COC(C)=O)c2cc(-c3cccc(CC(NC(=O)OC(C)(C)C)C(=O)N4CCC[C@@H](C(=O)O)N4)c3)ccc21. The number of nitrogens with zero attached hydrogens (tertiary/aromatic N) is 5. The van der Waals surface area contributed by atoms with E-state index in [9.17, 15) is 24.3 Å². The molecule has 5 heterocycles. The van der Waals surface area contributed by atoms with E-state index in [2.05, 4.69) is 70.1 Å². The van der Waals surface area contributed by atoms with Gasteiger partial charge in [-0.15, -0.1) is 0 Å². The lowest BCUT2D eigenvalue weighted by molar-refractivity contribution is -0.148. The van der Waals surface area contributed by atoms with Crippen LogP contribution in [-0.4, -0.2) is 119 Å². The molecule has 0 aliphatic carbocycles. The molecule has 67 heavy (non-hydrogen) atoms. The van der Waals surface area contributed by atoms with Gasteiger partial charge in [-0.2, -0.15) is 0 Å². The number of carboxylic acids is 1. The highest BCUT2D eigenvalue weighted by molar-refractivity contribution is 5.96. The van der Waals surface area contributed by atoms with Gasteiger partial charge in [0, 0.05) is 81.1 Å². The molecule has 2 unspecified atom stereocenters. The van der Waals surface area contributed by atoms with E-state index in [0.29, 0.717) is 38.4 Å². The minimum Gasteiger partial charge on any atom is -0.480 e. The third-order valence-electron chi connectivity index (χ3n) is 13.3. The van der Waals surface area contributed by atoms with E-state index in [0.717, 1.165) is 75.4 Å². The summed E-state index contributed by atoms with van der Waals surface area (Å²) in [5.41, 5.74) is 10.5. The highest BCUT2D eigenvalue weighted by atomic mass is 16.6. The van der Waals surface area contributed by atoms with Crippen LogP contribution in [0.25, 0.3) is 33.3 Å².